The molecule has 0 amide bonds. The fourth-order valence-corrected chi connectivity index (χ4v) is 2.40. The Morgan fingerprint density at radius 1 is 1.33 bits per heavy atom. The molecule has 0 aliphatic heterocycles. The summed E-state index contributed by atoms with van der Waals surface area (Å²) >= 11 is 1.53. The molecule has 0 saturated carbocycles. The molecular weight excluding hydrogens is 248 g/mol. The maximum atomic E-state index is 5.28. The van der Waals surface area contributed by atoms with Crippen LogP contribution < -0.4 is 9.47 Å². The van der Waals surface area contributed by atoms with Crippen molar-refractivity contribution in [1.29, 1.82) is 0 Å². The number of hydrogen-bond acceptors (Lipinski definition) is 4. The number of rotatable bonds is 4. The highest BCUT2D eigenvalue weighted by atomic mass is 32.2. The molecule has 2 rings (SSSR count). The third kappa shape index (κ3) is 2.12. The lowest BCUT2D eigenvalue weighted by Crippen LogP contribution is -1.93. The maximum Gasteiger partial charge on any atom is 0.169 e. The monoisotopic (exact) mass is 262 g/mol. The van der Waals surface area contributed by atoms with Gasteiger partial charge >= 0.3 is 0 Å². The largest absolute Gasteiger partial charge is 0.493 e. The van der Waals surface area contributed by atoms with Crippen molar-refractivity contribution in [3.8, 4) is 23.8 Å². The van der Waals surface area contributed by atoms with Gasteiger partial charge in [0.25, 0.3) is 0 Å². The van der Waals surface area contributed by atoms with Crippen molar-refractivity contribution in [2.24, 2.45) is 7.05 Å². The summed E-state index contributed by atoms with van der Waals surface area (Å²) < 4.78 is 12.5. The second-order valence-corrected chi connectivity index (χ2v) is 4.58. The summed E-state index contributed by atoms with van der Waals surface area (Å²) in [5.74, 6) is 4.57. The molecule has 5 heteroatoms. The van der Waals surface area contributed by atoms with E-state index in [0.29, 0.717) is 17.3 Å². The summed E-state index contributed by atoms with van der Waals surface area (Å²) in [5, 5.41) is 0.887. The fraction of sp³-hybridized carbons (Fsp3) is 0.308. The molecule has 0 radical (unpaired) electrons. The van der Waals surface area contributed by atoms with E-state index in [9.17, 15) is 0 Å². The highest BCUT2D eigenvalue weighted by Gasteiger charge is 2.12. The third-order valence-electron chi connectivity index (χ3n) is 2.63. The Morgan fingerprint density at radius 3 is 2.61 bits per heavy atom. The van der Waals surface area contributed by atoms with Crippen molar-refractivity contribution in [3.63, 3.8) is 0 Å². The summed E-state index contributed by atoms with van der Waals surface area (Å²) in [7, 11) is 5.19. The molecule has 1 heterocycles. The number of ether oxygens (including phenoxy) is 2. The Balaban J connectivity index is 2.55. The van der Waals surface area contributed by atoms with Crippen molar-refractivity contribution in [3.05, 3.63) is 12.1 Å². The molecule has 0 bridgehead atoms. The number of fused-ring (bicyclic) bond motifs is 1. The van der Waals surface area contributed by atoms with Gasteiger partial charge in [-0.2, -0.15) is 0 Å². The molecule has 0 fully saturated rings. The summed E-state index contributed by atoms with van der Waals surface area (Å²) in [6.45, 7) is 0. The van der Waals surface area contributed by atoms with Crippen molar-refractivity contribution in [1.82, 2.24) is 9.55 Å². The van der Waals surface area contributed by atoms with Crippen LogP contribution in [0.3, 0.4) is 0 Å². The Labute approximate surface area is 110 Å². The number of nitrogens with zero attached hydrogens (tertiary/aromatic N) is 2. The van der Waals surface area contributed by atoms with Crippen LogP contribution in [0.25, 0.3) is 11.0 Å². The van der Waals surface area contributed by atoms with Crippen LogP contribution in [0, 0.1) is 12.3 Å². The van der Waals surface area contributed by atoms with Crippen LogP contribution in [0.2, 0.25) is 0 Å². The van der Waals surface area contributed by atoms with Gasteiger partial charge in [-0.25, -0.2) is 4.98 Å². The molecule has 0 aliphatic rings. The number of aryl methyl sites for hydroxylation is 1. The molecule has 0 atom stereocenters. The van der Waals surface area contributed by atoms with Gasteiger partial charge in [-0.05, 0) is 0 Å². The highest BCUT2D eigenvalue weighted by molar-refractivity contribution is 7.99. The summed E-state index contributed by atoms with van der Waals surface area (Å²) in [6, 6.07) is 3.79. The van der Waals surface area contributed by atoms with E-state index in [1.54, 1.807) is 14.2 Å². The van der Waals surface area contributed by atoms with Crippen LogP contribution in [0.5, 0.6) is 11.5 Å². The Bertz CT molecular complexity index is 613. The lowest BCUT2D eigenvalue weighted by Gasteiger charge is -2.07. The van der Waals surface area contributed by atoms with Crippen molar-refractivity contribution in [2.75, 3.05) is 20.0 Å². The number of terminal acetylenes is 1. The van der Waals surface area contributed by atoms with Crippen LogP contribution in [-0.2, 0) is 7.05 Å². The van der Waals surface area contributed by atoms with E-state index in [4.69, 9.17) is 15.9 Å². The van der Waals surface area contributed by atoms with Crippen LogP contribution in [0.1, 0.15) is 0 Å². The van der Waals surface area contributed by atoms with E-state index < -0.39 is 0 Å². The molecule has 0 N–H and O–H groups in total. The zero-order valence-electron chi connectivity index (χ0n) is 10.6. The number of imidazole rings is 1. The second-order valence-electron chi connectivity index (χ2n) is 3.64. The zero-order valence-corrected chi connectivity index (χ0v) is 11.4. The van der Waals surface area contributed by atoms with Gasteiger partial charge in [-0.15, -0.1) is 6.42 Å². The van der Waals surface area contributed by atoms with Gasteiger partial charge in [0, 0.05) is 19.2 Å². The Kier molecular flexibility index (Phi) is 3.68. The highest BCUT2D eigenvalue weighted by Crippen LogP contribution is 2.33. The minimum atomic E-state index is 0.603. The van der Waals surface area contributed by atoms with E-state index in [2.05, 4.69) is 10.9 Å². The lowest BCUT2D eigenvalue weighted by atomic mass is 10.2. The van der Waals surface area contributed by atoms with Gasteiger partial charge < -0.3 is 14.0 Å². The number of methoxy groups -OCH3 is 2. The molecule has 0 spiro atoms. The standard InChI is InChI=1S/C13H14N2O2S/c1-5-6-18-13-14-9-7-11(16-3)12(17-4)8-10(9)15(13)2/h1,7-8H,6H2,2-4H3. The molecule has 1 aromatic heterocycles. The third-order valence-corrected chi connectivity index (χ3v) is 3.56. The average Bonchev–Trinajstić information content (AvgIpc) is 2.71. The first-order chi connectivity index (χ1) is 8.71. The Hall–Kier alpha value is -1.80. The first kappa shape index (κ1) is 12.7. The first-order valence-electron chi connectivity index (χ1n) is 5.36. The minimum absolute atomic E-state index is 0.603. The van der Waals surface area contributed by atoms with Gasteiger partial charge in [0.2, 0.25) is 0 Å². The molecule has 1 aromatic carbocycles. The molecule has 0 saturated heterocycles. The van der Waals surface area contributed by atoms with Crippen molar-refractivity contribution in [2.45, 2.75) is 5.16 Å². The predicted octanol–water partition coefficient (Wildman–Crippen LogP) is 2.32. The topological polar surface area (TPSA) is 36.3 Å². The zero-order chi connectivity index (χ0) is 13.1. The van der Waals surface area contributed by atoms with Gasteiger partial charge in [0.15, 0.2) is 16.7 Å². The normalized spacial score (nSPS) is 10.3. The van der Waals surface area contributed by atoms with Crippen molar-refractivity contribution < 1.29 is 9.47 Å². The quantitative estimate of drug-likeness (QED) is 0.626. The number of thioether (sulfide) groups is 1. The summed E-state index contributed by atoms with van der Waals surface area (Å²) in [4.78, 5) is 4.53. The molecule has 0 aliphatic carbocycles. The number of aromatic nitrogens is 2. The smallest absolute Gasteiger partial charge is 0.169 e. The van der Waals surface area contributed by atoms with Crippen molar-refractivity contribution >= 4 is 22.8 Å². The van der Waals surface area contributed by atoms with E-state index >= 15 is 0 Å². The van der Waals surface area contributed by atoms with E-state index in [1.807, 2.05) is 23.7 Å². The minimum Gasteiger partial charge on any atom is -0.493 e. The number of hydrogen-bond donors (Lipinski definition) is 0. The molecule has 18 heavy (non-hydrogen) atoms. The van der Waals surface area contributed by atoms with Crippen LogP contribution in [0.4, 0.5) is 0 Å². The predicted molar refractivity (Wildman–Crippen MR) is 73.4 cm³/mol. The maximum absolute atomic E-state index is 5.28. The second kappa shape index (κ2) is 5.23. The molecule has 4 nitrogen and oxygen atoms in total. The fourth-order valence-electron chi connectivity index (χ4n) is 1.73. The van der Waals surface area contributed by atoms with Gasteiger partial charge in [-0.1, -0.05) is 17.7 Å². The number of benzene rings is 1. The van der Waals surface area contributed by atoms with Crippen LogP contribution in [-0.4, -0.2) is 29.5 Å². The van der Waals surface area contributed by atoms with E-state index in [-0.39, 0.29) is 0 Å². The van der Waals surface area contributed by atoms with Gasteiger partial charge in [0.05, 0.1) is 31.0 Å². The molecule has 2 aromatic rings. The molecule has 94 valence electrons. The van der Waals surface area contributed by atoms with Gasteiger partial charge in [0.1, 0.15) is 0 Å². The van der Waals surface area contributed by atoms with E-state index in [0.717, 1.165) is 16.2 Å². The Morgan fingerprint density at radius 2 is 2.00 bits per heavy atom. The molecular formula is C13H14N2O2S. The van der Waals surface area contributed by atoms with Crippen LogP contribution in [0.15, 0.2) is 17.3 Å². The van der Waals surface area contributed by atoms with Gasteiger partial charge in [-0.3, -0.25) is 0 Å². The van der Waals surface area contributed by atoms with E-state index in [1.165, 1.54) is 11.8 Å². The summed E-state index contributed by atoms with van der Waals surface area (Å²) in [5.41, 5.74) is 1.86. The average molecular weight is 262 g/mol. The molecule has 0 unspecified atom stereocenters. The summed E-state index contributed by atoms with van der Waals surface area (Å²) in [6.07, 6.45) is 5.26. The van der Waals surface area contributed by atoms with Crippen LogP contribution >= 0.6 is 11.8 Å². The lowest BCUT2D eigenvalue weighted by molar-refractivity contribution is 0.355. The SMILES string of the molecule is C#CCSc1nc2cc(OC)c(OC)cc2n1C. The first-order valence-corrected chi connectivity index (χ1v) is 6.34.